The van der Waals surface area contributed by atoms with Crippen LogP contribution in [0.1, 0.15) is 52.1 Å². The number of aryl methyl sites for hydroxylation is 1. The van der Waals surface area contributed by atoms with Crippen LogP contribution in [0.25, 0.3) is 11.1 Å². The van der Waals surface area contributed by atoms with Gasteiger partial charge in [-0.2, -0.15) is 0 Å². The molecule has 138 valence electrons. The second kappa shape index (κ2) is 6.42. The van der Waals surface area contributed by atoms with Crippen molar-refractivity contribution in [1.82, 2.24) is 25.3 Å². The molecule has 7 nitrogen and oxygen atoms in total. The van der Waals surface area contributed by atoms with Gasteiger partial charge in [-0.25, -0.2) is 4.98 Å². The lowest BCUT2D eigenvalue weighted by Gasteiger charge is -2.36. The zero-order chi connectivity index (χ0) is 18.4. The second-order valence-electron chi connectivity index (χ2n) is 7.32. The Hall–Kier alpha value is -2.80. The summed E-state index contributed by atoms with van der Waals surface area (Å²) >= 11 is 0. The number of nitrogens with zero attached hydrogens (tertiary/aromatic N) is 4. The highest BCUT2D eigenvalue weighted by Gasteiger charge is 2.33. The SMILES string of the molecule is Cc1noc2nc(C3CC3)cc(C(=O)N3CCNCC3c3cccnc3)c12. The average Bonchev–Trinajstić information content (AvgIpc) is 3.51. The van der Waals surface area contributed by atoms with Crippen molar-refractivity contribution < 1.29 is 9.32 Å². The summed E-state index contributed by atoms with van der Waals surface area (Å²) in [6.07, 6.45) is 5.82. The number of hydrogen-bond donors (Lipinski definition) is 1. The van der Waals surface area contributed by atoms with Crippen molar-refractivity contribution in [2.75, 3.05) is 19.6 Å². The Balaban J connectivity index is 1.59. The Kier molecular flexibility index (Phi) is 3.89. The Morgan fingerprint density at radius 3 is 3.04 bits per heavy atom. The van der Waals surface area contributed by atoms with Crippen LogP contribution >= 0.6 is 0 Å². The van der Waals surface area contributed by atoms with Crippen LogP contribution in [0.15, 0.2) is 35.1 Å². The first-order chi connectivity index (χ1) is 13.2. The van der Waals surface area contributed by atoms with Gasteiger partial charge in [-0.3, -0.25) is 9.78 Å². The number of fused-ring (bicyclic) bond motifs is 1. The predicted molar refractivity (Wildman–Crippen MR) is 99.4 cm³/mol. The van der Waals surface area contributed by atoms with Crippen molar-refractivity contribution in [1.29, 1.82) is 0 Å². The first-order valence-corrected chi connectivity index (χ1v) is 9.41. The van der Waals surface area contributed by atoms with Crippen molar-refractivity contribution in [3.8, 4) is 0 Å². The van der Waals surface area contributed by atoms with Gasteiger partial charge in [0.15, 0.2) is 0 Å². The summed E-state index contributed by atoms with van der Waals surface area (Å²) in [7, 11) is 0. The number of rotatable bonds is 3. The van der Waals surface area contributed by atoms with Crippen molar-refractivity contribution in [2.24, 2.45) is 0 Å². The molecule has 27 heavy (non-hydrogen) atoms. The van der Waals surface area contributed by atoms with E-state index in [1.165, 1.54) is 0 Å². The quantitative estimate of drug-likeness (QED) is 0.770. The number of amides is 1. The molecule has 0 radical (unpaired) electrons. The molecule has 2 aliphatic rings. The predicted octanol–water partition coefficient (Wildman–Crippen LogP) is 2.59. The summed E-state index contributed by atoms with van der Waals surface area (Å²) in [5.41, 5.74) is 3.80. The number of carbonyl (C=O) groups is 1. The van der Waals surface area contributed by atoms with Crippen LogP contribution in [-0.2, 0) is 0 Å². The van der Waals surface area contributed by atoms with Gasteiger partial charge >= 0.3 is 0 Å². The smallest absolute Gasteiger partial charge is 0.259 e. The first kappa shape index (κ1) is 16.4. The number of hydrogen-bond acceptors (Lipinski definition) is 6. The summed E-state index contributed by atoms with van der Waals surface area (Å²) in [6, 6.07) is 5.84. The zero-order valence-corrected chi connectivity index (χ0v) is 15.2. The van der Waals surface area contributed by atoms with Gasteiger partial charge in [0.05, 0.1) is 22.7 Å². The Morgan fingerprint density at radius 2 is 2.26 bits per heavy atom. The minimum absolute atomic E-state index is 0.00551. The molecule has 1 atom stereocenters. The molecular weight excluding hydrogens is 342 g/mol. The third-order valence-corrected chi connectivity index (χ3v) is 5.44. The summed E-state index contributed by atoms with van der Waals surface area (Å²) < 4.78 is 5.40. The molecule has 2 fully saturated rings. The lowest BCUT2D eigenvalue weighted by Crippen LogP contribution is -2.48. The van der Waals surface area contributed by atoms with Crippen LogP contribution in [0.4, 0.5) is 0 Å². The molecule has 5 rings (SSSR count). The maximum Gasteiger partial charge on any atom is 0.259 e. The van der Waals surface area contributed by atoms with Crippen LogP contribution in [-0.4, -0.2) is 45.6 Å². The topological polar surface area (TPSA) is 84.2 Å². The third kappa shape index (κ3) is 2.88. The highest BCUT2D eigenvalue weighted by molar-refractivity contribution is 6.06. The molecule has 0 aromatic carbocycles. The standard InChI is InChI=1S/C20H21N5O2/c1-12-18-15(9-16(13-4-5-13)23-19(18)27-24-12)20(26)25-8-7-22-11-17(25)14-3-2-6-21-10-14/h2-3,6,9-10,13,17,22H,4-5,7-8,11H2,1H3. The minimum Gasteiger partial charge on any atom is -0.336 e. The molecule has 4 heterocycles. The van der Waals surface area contributed by atoms with E-state index in [-0.39, 0.29) is 11.9 Å². The van der Waals surface area contributed by atoms with Gasteiger partial charge in [0.1, 0.15) is 0 Å². The van der Waals surface area contributed by atoms with E-state index < -0.39 is 0 Å². The zero-order valence-electron chi connectivity index (χ0n) is 15.2. The van der Waals surface area contributed by atoms with E-state index in [0.29, 0.717) is 36.0 Å². The number of aromatic nitrogens is 3. The van der Waals surface area contributed by atoms with E-state index in [0.717, 1.165) is 36.0 Å². The lowest BCUT2D eigenvalue weighted by atomic mass is 10.0. The monoisotopic (exact) mass is 363 g/mol. The maximum atomic E-state index is 13.6. The van der Waals surface area contributed by atoms with E-state index >= 15 is 0 Å². The average molecular weight is 363 g/mol. The first-order valence-electron chi connectivity index (χ1n) is 9.41. The summed E-state index contributed by atoms with van der Waals surface area (Å²) in [5, 5.41) is 8.17. The van der Waals surface area contributed by atoms with Gasteiger partial charge < -0.3 is 14.7 Å². The molecule has 1 amide bonds. The molecule has 3 aromatic heterocycles. The fourth-order valence-corrected chi connectivity index (χ4v) is 3.84. The minimum atomic E-state index is -0.0484. The maximum absolute atomic E-state index is 13.6. The fourth-order valence-electron chi connectivity index (χ4n) is 3.84. The Labute approximate surface area is 156 Å². The largest absolute Gasteiger partial charge is 0.336 e. The fraction of sp³-hybridized carbons (Fsp3) is 0.400. The van der Waals surface area contributed by atoms with Crippen molar-refractivity contribution >= 4 is 17.0 Å². The molecule has 1 saturated heterocycles. The number of nitrogens with one attached hydrogen (secondary N) is 1. The number of carbonyl (C=O) groups excluding carboxylic acids is 1. The molecule has 1 aliphatic heterocycles. The van der Waals surface area contributed by atoms with Gasteiger partial charge in [0, 0.05) is 43.6 Å². The normalized spacial score (nSPS) is 20.2. The lowest BCUT2D eigenvalue weighted by molar-refractivity contribution is 0.0635. The summed E-state index contributed by atoms with van der Waals surface area (Å²) in [6.45, 7) is 3.99. The highest BCUT2D eigenvalue weighted by atomic mass is 16.5. The molecule has 7 heteroatoms. The summed E-state index contributed by atoms with van der Waals surface area (Å²) in [4.78, 5) is 24.4. The van der Waals surface area contributed by atoms with Crippen molar-refractivity contribution in [3.63, 3.8) is 0 Å². The van der Waals surface area contributed by atoms with Crippen LogP contribution in [0.3, 0.4) is 0 Å². The van der Waals surface area contributed by atoms with Gasteiger partial charge in [-0.15, -0.1) is 0 Å². The van der Waals surface area contributed by atoms with Crippen molar-refractivity contribution in [3.05, 3.63) is 53.1 Å². The molecule has 1 saturated carbocycles. The second-order valence-corrected chi connectivity index (χ2v) is 7.32. The van der Waals surface area contributed by atoms with E-state index in [4.69, 9.17) is 4.52 Å². The third-order valence-electron chi connectivity index (χ3n) is 5.44. The highest BCUT2D eigenvalue weighted by Crippen LogP contribution is 2.41. The van der Waals surface area contributed by atoms with Crippen LogP contribution < -0.4 is 5.32 Å². The Morgan fingerprint density at radius 1 is 1.37 bits per heavy atom. The van der Waals surface area contributed by atoms with E-state index in [1.54, 1.807) is 6.20 Å². The van der Waals surface area contributed by atoms with Gasteiger partial charge in [0.2, 0.25) is 0 Å². The molecular formula is C20H21N5O2. The van der Waals surface area contributed by atoms with Gasteiger partial charge in [-0.1, -0.05) is 11.2 Å². The molecule has 0 bridgehead atoms. The number of piperazine rings is 1. The molecule has 3 aromatic rings. The molecule has 1 N–H and O–H groups in total. The van der Waals surface area contributed by atoms with Crippen LogP contribution in [0.5, 0.6) is 0 Å². The van der Waals surface area contributed by atoms with Crippen LogP contribution in [0, 0.1) is 6.92 Å². The van der Waals surface area contributed by atoms with Gasteiger partial charge in [-0.05, 0) is 37.5 Å². The molecule has 1 aliphatic carbocycles. The van der Waals surface area contributed by atoms with Crippen molar-refractivity contribution in [2.45, 2.75) is 31.7 Å². The number of pyridine rings is 2. The van der Waals surface area contributed by atoms with E-state index in [1.807, 2.05) is 36.2 Å². The summed E-state index contributed by atoms with van der Waals surface area (Å²) in [5.74, 6) is 0.439. The molecule has 1 unspecified atom stereocenters. The Bertz CT molecular complexity index is 996. The van der Waals surface area contributed by atoms with Gasteiger partial charge in [0.25, 0.3) is 11.6 Å². The van der Waals surface area contributed by atoms with Crippen LogP contribution in [0.2, 0.25) is 0 Å². The van der Waals surface area contributed by atoms with E-state index in [2.05, 4.69) is 20.4 Å². The van der Waals surface area contributed by atoms with E-state index in [9.17, 15) is 4.79 Å². The molecule has 0 spiro atoms.